The van der Waals surface area contributed by atoms with Crippen molar-refractivity contribution in [1.82, 2.24) is 15.1 Å². The first kappa shape index (κ1) is 15.2. The van der Waals surface area contributed by atoms with Gasteiger partial charge in [0.15, 0.2) is 0 Å². The van der Waals surface area contributed by atoms with E-state index >= 15 is 0 Å². The third-order valence-corrected chi connectivity index (χ3v) is 5.10. The van der Waals surface area contributed by atoms with Gasteiger partial charge >= 0.3 is 0 Å². The van der Waals surface area contributed by atoms with Crippen LogP contribution in [0, 0.1) is 5.92 Å². The smallest absolute Gasteiger partial charge is 0.233 e. The maximum atomic E-state index is 6.06. The second kappa shape index (κ2) is 6.27. The molecular weight excluding hydrogens is 333 g/mol. The van der Waals surface area contributed by atoms with Gasteiger partial charge in [-0.1, -0.05) is 23.2 Å². The number of ether oxygens (including phenoxy) is 1. The van der Waals surface area contributed by atoms with E-state index in [1.54, 1.807) is 6.07 Å². The van der Waals surface area contributed by atoms with E-state index in [1.807, 2.05) is 24.3 Å². The maximum absolute atomic E-state index is 6.06. The van der Waals surface area contributed by atoms with Gasteiger partial charge in [-0.2, -0.15) is 0 Å². The standard InChI is InChI=1S/C17H17Cl2N3O/c18-13-7-12(8-14(19)9-13)15-1-2-17(21-20-15)23-16-10-22-5-3-11(16)4-6-22/h1-2,7-9,11,16H,3-6,10H2. The molecule has 1 aromatic carbocycles. The Hall–Kier alpha value is -1.36. The Balaban J connectivity index is 1.49. The van der Waals surface area contributed by atoms with Gasteiger partial charge in [-0.05, 0) is 56.1 Å². The largest absolute Gasteiger partial charge is 0.472 e. The number of piperidine rings is 3. The molecule has 3 aliphatic heterocycles. The normalized spacial score (nSPS) is 26.3. The van der Waals surface area contributed by atoms with E-state index in [4.69, 9.17) is 27.9 Å². The summed E-state index contributed by atoms with van der Waals surface area (Å²) in [5, 5.41) is 9.64. The van der Waals surface area contributed by atoms with Gasteiger partial charge in [0.05, 0.1) is 5.69 Å². The Bertz CT molecular complexity index is 679. The molecule has 3 saturated heterocycles. The molecule has 23 heavy (non-hydrogen) atoms. The summed E-state index contributed by atoms with van der Waals surface area (Å²) in [5.41, 5.74) is 1.58. The second-order valence-corrected chi connectivity index (χ2v) is 7.08. The fraction of sp³-hybridized carbons (Fsp3) is 0.412. The Morgan fingerprint density at radius 2 is 1.74 bits per heavy atom. The van der Waals surface area contributed by atoms with Crippen LogP contribution < -0.4 is 4.74 Å². The summed E-state index contributed by atoms with van der Waals surface area (Å²) in [6.07, 6.45) is 2.67. The molecule has 1 aromatic heterocycles. The number of halogens is 2. The van der Waals surface area contributed by atoms with E-state index in [0.29, 0.717) is 21.8 Å². The maximum Gasteiger partial charge on any atom is 0.233 e. The summed E-state index contributed by atoms with van der Waals surface area (Å²) in [7, 11) is 0. The van der Waals surface area contributed by atoms with Gasteiger partial charge in [-0.15, -0.1) is 10.2 Å². The minimum Gasteiger partial charge on any atom is -0.472 e. The molecule has 6 heteroatoms. The van der Waals surface area contributed by atoms with Crippen molar-refractivity contribution in [3.05, 3.63) is 40.4 Å². The molecule has 4 heterocycles. The highest BCUT2D eigenvalue weighted by Crippen LogP contribution is 2.31. The van der Waals surface area contributed by atoms with Gasteiger partial charge in [0.2, 0.25) is 5.88 Å². The van der Waals surface area contributed by atoms with Gasteiger partial charge in [-0.25, -0.2) is 0 Å². The number of hydrogen-bond acceptors (Lipinski definition) is 4. The Labute approximate surface area is 145 Å². The summed E-state index contributed by atoms with van der Waals surface area (Å²) in [6.45, 7) is 3.40. The van der Waals surface area contributed by atoms with Gasteiger partial charge in [0.1, 0.15) is 6.10 Å². The van der Waals surface area contributed by atoms with Crippen LogP contribution in [0.25, 0.3) is 11.3 Å². The summed E-state index contributed by atoms with van der Waals surface area (Å²) >= 11 is 12.1. The molecule has 0 N–H and O–H groups in total. The monoisotopic (exact) mass is 349 g/mol. The minimum atomic E-state index is 0.235. The van der Waals surface area contributed by atoms with Crippen molar-refractivity contribution in [1.29, 1.82) is 0 Å². The van der Waals surface area contributed by atoms with Crippen LogP contribution in [0.2, 0.25) is 10.0 Å². The van der Waals surface area contributed by atoms with Crippen molar-refractivity contribution >= 4 is 23.2 Å². The Kier molecular flexibility index (Phi) is 4.14. The molecule has 0 radical (unpaired) electrons. The van der Waals surface area contributed by atoms with Crippen molar-refractivity contribution in [2.24, 2.45) is 5.92 Å². The van der Waals surface area contributed by atoms with E-state index in [9.17, 15) is 0 Å². The zero-order valence-corrected chi connectivity index (χ0v) is 14.1. The van der Waals surface area contributed by atoms with Crippen LogP contribution in [0.5, 0.6) is 5.88 Å². The molecule has 3 aliphatic rings. The van der Waals surface area contributed by atoms with Crippen molar-refractivity contribution < 1.29 is 4.74 Å². The summed E-state index contributed by atoms with van der Waals surface area (Å²) in [4.78, 5) is 2.46. The Morgan fingerprint density at radius 3 is 2.30 bits per heavy atom. The predicted octanol–water partition coefficient (Wildman–Crippen LogP) is 3.92. The molecule has 5 rings (SSSR count). The summed E-state index contributed by atoms with van der Waals surface area (Å²) < 4.78 is 6.06. The van der Waals surface area contributed by atoms with Gasteiger partial charge < -0.3 is 4.74 Å². The molecule has 4 nitrogen and oxygen atoms in total. The number of hydrogen-bond donors (Lipinski definition) is 0. The van der Waals surface area contributed by atoms with Crippen LogP contribution in [-0.4, -0.2) is 40.8 Å². The number of rotatable bonds is 3. The summed E-state index contributed by atoms with van der Waals surface area (Å²) in [6, 6.07) is 9.11. The molecule has 3 fully saturated rings. The first-order valence-electron chi connectivity index (χ1n) is 7.86. The van der Waals surface area contributed by atoms with Crippen LogP contribution in [0.1, 0.15) is 12.8 Å². The molecule has 0 amide bonds. The molecule has 1 unspecified atom stereocenters. The van der Waals surface area contributed by atoms with Crippen LogP contribution >= 0.6 is 23.2 Å². The lowest BCUT2D eigenvalue weighted by atomic mass is 9.86. The van der Waals surface area contributed by atoms with Gasteiger partial charge in [0, 0.05) is 28.2 Å². The number of benzene rings is 1. The average Bonchev–Trinajstić information content (AvgIpc) is 2.56. The Morgan fingerprint density at radius 1 is 1.00 bits per heavy atom. The second-order valence-electron chi connectivity index (χ2n) is 6.21. The molecule has 0 spiro atoms. The lowest BCUT2D eigenvalue weighted by Crippen LogP contribution is -2.52. The molecule has 0 aliphatic carbocycles. The third kappa shape index (κ3) is 3.30. The quantitative estimate of drug-likeness (QED) is 0.841. The molecule has 120 valence electrons. The lowest BCUT2D eigenvalue weighted by Gasteiger charge is -2.44. The highest BCUT2D eigenvalue weighted by atomic mass is 35.5. The van der Waals surface area contributed by atoms with Crippen molar-refractivity contribution in [3.8, 4) is 17.1 Å². The van der Waals surface area contributed by atoms with Crippen molar-refractivity contribution in [3.63, 3.8) is 0 Å². The fourth-order valence-electron chi connectivity index (χ4n) is 3.44. The number of fused-ring (bicyclic) bond motifs is 3. The SMILES string of the molecule is Clc1cc(Cl)cc(-c2ccc(OC3CN4CCC3CC4)nn2)c1. The van der Waals surface area contributed by atoms with E-state index in [2.05, 4.69) is 15.1 Å². The van der Waals surface area contributed by atoms with Crippen LogP contribution in [-0.2, 0) is 0 Å². The topological polar surface area (TPSA) is 38.2 Å². The van der Waals surface area contributed by atoms with Crippen LogP contribution in [0.4, 0.5) is 0 Å². The molecule has 2 aromatic rings. The first-order valence-corrected chi connectivity index (χ1v) is 8.62. The molecular formula is C17H17Cl2N3O. The highest BCUT2D eigenvalue weighted by molar-refractivity contribution is 6.35. The van der Waals surface area contributed by atoms with E-state index in [0.717, 1.165) is 17.8 Å². The lowest BCUT2D eigenvalue weighted by molar-refractivity contribution is -0.0103. The van der Waals surface area contributed by atoms with E-state index in [-0.39, 0.29) is 6.10 Å². The fourth-order valence-corrected chi connectivity index (χ4v) is 3.96. The van der Waals surface area contributed by atoms with E-state index < -0.39 is 0 Å². The molecule has 1 atom stereocenters. The highest BCUT2D eigenvalue weighted by Gasteiger charge is 2.35. The zero-order valence-electron chi connectivity index (χ0n) is 12.6. The average molecular weight is 350 g/mol. The van der Waals surface area contributed by atoms with Crippen LogP contribution in [0.3, 0.4) is 0 Å². The zero-order chi connectivity index (χ0) is 15.8. The van der Waals surface area contributed by atoms with Crippen molar-refractivity contribution in [2.75, 3.05) is 19.6 Å². The minimum absolute atomic E-state index is 0.235. The predicted molar refractivity (Wildman–Crippen MR) is 91.1 cm³/mol. The number of aromatic nitrogens is 2. The third-order valence-electron chi connectivity index (χ3n) is 4.67. The molecule has 0 saturated carbocycles. The van der Waals surface area contributed by atoms with Crippen LogP contribution in [0.15, 0.2) is 30.3 Å². The first-order chi connectivity index (χ1) is 11.2. The molecule has 2 bridgehead atoms. The van der Waals surface area contributed by atoms with Gasteiger partial charge in [-0.3, -0.25) is 4.90 Å². The summed E-state index contributed by atoms with van der Waals surface area (Å²) in [5.74, 6) is 1.23. The van der Waals surface area contributed by atoms with E-state index in [1.165, 1.54) is 25.9 Å². The number of nitrogens with zero attached hydrogens (tertiary/aromatic N) is 3. The van der Waals surface area contributed by atoms with Crippen molar-refractivity contribution in [2.45, 2.75) is 18.9 Å². The van der Waals surface area contributed by atoms with Gasteiger partial charge in [0.25, 0.3) is 0 Å².